The van der Waals surface area contributed by atoms with Gasteiger partial charge in [-0.05, 0) is 40.1 Å². The Labute approximate surface area is 92.7 Å². The van der Waals surface area contributed by atoms with Crippen molar-refractivity contribution in [3.8, 4) is 0 Å². The summed E-state index contributed by atoms with van der Waals surface area (Å²) < 4.78 is 17.4. The first-order chi connectivity index (χ1) is 6.24. The zero-order chi connectivity index (χ0) is 9.68. The van der Waals surface area contributed by atoms with Crippen LogP contribution in [0, 0.1) is 3.57 Å². The van der Waals surface area contributed by atoms with Crippen LogP contribution in [0.3, 0.4) is 0 Å². The van der Waals surface area contributed by atoms with E-state index in [1.165, 1.54) is 0 Å². The number of halogens is 1. The van der Waals surface area contributed by atoms with Crippen molar-refractivity contribution in [2.45, 2.75) is 13.1 Å². The number of hydrogen-bond acceptors (Lipinski definition) is 2. The van der Waals surface area contributed by atoms with Crippen molar-refractivity contribution in [3.63, 3.8) is 0 Å². The summed E-state index contributed by atoms with van der Waals surface area (Å²) in [5, 5.41) is 0. The van der Waals surface area contributed by atoms with Gasteiger partial charge in [-0.1, -0.05) is 18.2 Å². The minimum atomic E-state index is -1.53. The van der Waals surface area contributed by atoms with E-state index in [9.17, 15) is 4.57 Å². The molecule has 0 bridgehead atoms. The van der Waals surface area contributed by atoms with E-state index in [1.54, 1.807) is 0 Å². The molecule has 1 unspecified atom stereocenters. The van der Waals surface area contributed by atoms with Gasteiger partial charge in [0.25, 0.3) is 0 Å². The number of rotatable bonds is 4. The third-order valence-electron chi connectivity index (χ3n) is 1.53. The van der Waals surface area contributed by atoms with Crippen molar-refractivity contribution in [2.75, 3.05) is 6.61 Å². The van der Waals surface area contributed by atoms with Gasteiger partial charge in [0, 0.05) is 9.13 Å². The molecular formula is C9H11IO2P+. The summed E-state index contributed by atoms with van der Waals surface area (Å²) in [4.78, 5) is 0. The van der Waals surface area contributed by atoms with Gasteiger partial charge in [-0.15, -0.1) is 4.52 Å². The summed E-state index contributed by atoms with van der Waals surface area (Å²) in [5.74, 6) is 0. The van der Waals surface area contributed by atoms with Crippen molar-refractivity contribution in [1.82, 2.24) is 0 Å². The van der Waals surface area contributed by atoms with E-state index in [-0.39, 0.29) is 0 Å². The molecule has 0 heterocycles. The molecule has 0 aromatic heterocycles. The standard InChI is InChI=1S/C9H11IO2P/c1-2-12-13(11)7-8-5-3-4-6-9(8)10/h3-6H,2,7H2,1H3/q+1. The quantitative estimate of drug-likeness (QED) is 0.628. The maximum absolute atomic E-state index is 11.3. The van der Waals surface area contributed by atoms with E-state index in [0.717, 1.165) is 9.13 Å². The molecular weight excluding hydrogens is 298 g/mol. The minimum absolute atomic E-state index is 0.513. The van der Waals surface area contributed by atoms with Crippen LogP contribution in [0.5, 0.6) is 0 Å². The van der Waals surface area contributed by atoms with Gasteiger partial charge >= 0.3 is 8.03 Å². The lowest BCUT2D eigenvalue weighted by Crippen LogP contribution is -1.87. The summed E-state index contributed by atoms with van der Waals surface area (Å²) >= 11 is 2.24. The van der Waals surface area contributed by atoms with E-state index in [4.69, 9.17) is 4.52 Å². The zero-order valence-electron chi connectivity index (χ0n) is 7.37. The average Bonchev–Trinajstić information content (AvgIpc) is 2.09. The molecule has 4 heteroatoms. The predicted octanol–water partition coefficient (Wildman–Crippen LogP) is 3.57. The van der Waals surface area contributed by atoms with Crippen molar-refractivity contribution in [2.24, 2.45) is 0 Å². The molecule has 0 amide bonds. The fraction of sp³-hybridized carbons (Fsp3) is 0.333. The number of benzene rings is 1. The van der Waals surface area contributed by atoms with Crippen LogP contribution in [0.15, 0.2) is 24.3 Å². The third kappa shape index (κ3) is 3.71. The van der Waals surface area contributed by atoms with E-state index >= 15 is 0 Å². The molecule has 0 fully saturated rings. The fourth-order valence-corrected chi connectivity index (χ4v) is 2.77. The fourth-order valence-electron chi connectivity index (χ4n) is 0.955. The van der Waals surface area contributed by atoms with E-state index < -0.39 is 8.03 Å². The van der Waals surface area contributed by atoms with Crippen LogP contribution in [0.2, 0.25) is 0 Å². The van der Waals surface area contributed by atoms with Gasteiger partial charge in [0.1, 0.15) is 0 Å². The summed E-state index contributed by atoms with van der Waals surface area (Å²) in [6, 6.07) is 7.91. The van der Waals surface area contributed by atoms with Crippen LogP contribution in [0.1, 0.15) is 12.5 Å². The highest BCUT2D eigenvalue weighted by Gasteiger charge is 2.18. The third-order valence-corrected chi connectivity index (χ3v) is 3.73. The Morgan fingerprint density at radius 2 is 2.15 bits per heavy atom. The average molecular weight is 309 g/mol. The molecule has 13 heavy (non-hydrogen) atoms. The molecule has 1 rings (SSSR count). The van der Waals surface area contributed by atoms with E-state index in [0.29, 0.717) is 12.8 Å². The molecule has 0 aliphatic rings. The van der Waals surface area contributed by atoms with Crippen LogP contribution < -0.4 is 0 Å². The molecule has 0 saturated heterocycles. The largest absolute Gasteiger partial charge is 0.512 e. The Hall–Kier alpha value is 0.01000. The summed E-state index contributed by atoms with van der Waals surface area (Å²) in [6.45, 7) is 2.36. The smallest absolute Gasteiger partial charge is 0.146 e. The van der Waals surface area contributed by atoms with Crippen LogP contribution in [-0.2, 0) is 15.3 Å². The molecule has 2 nitrogen and oxygen atoms in total. The van der Waals surface area contributed by atoms with Crippen LogP contribution in [0.4, 0.5) is 0 Å². The molecule has 0 radical (unpaired) electrons. The first-order valence-electron chi connectivity index (χ1n) is 4.05. The first-order valence-corrected chi connectivity index (χ1v) is 6.49. The molecule has 70 valence electrons. The second-order valence-electron chi connectivity index (χ2n) is 2.50. The SMILES string of the molecule is CCO[P+](=O)Cc1ccccc1I. The maximum atomic E-state index is 11.3. The molecule has 1 aromatic rings. The predicted molar refractivity (Wildman–Crippen MR) is 62.1 cm³/mol. The van der Waals surface area contributed by atoms with Crippen LogP contribution >= 0.6 is 30.6 Å². The van der Waals surface area contributed by atoms with Crippen molar-refractivity contribution in [3.05, 3.63) is 33.4 Å². The van der Waals surface area contributed by atoms with E-state index in [2.05, 4.69) is 22.6 Å². The second kappa shape index (κ2) is 5.68. The Morgan fingerprint density at radius 3 is 2.77 bits per heavy atom. The molecule has 1 atom stereocenters. The molecule has 1 aromatic carbocycles. The summed E-state index contributed by atoms with van der Waals surface area (Å²) in [7, 11) is -1.53. The van der Waals surface area contributed by atoms with Crippen molar-refractivity contribution in [1.29, 1.82) is 0 Å². The molecule has 0 saturated carbocycles. The highest BCUT2D eigenvalue weighted by molar-refractivity contribution is 14.1. The molecule has 0 spiro atoms. The first kappa shape index (κ1) is 11.1. The Bertz CT molecular complexity index is 301. The lowest BCUT2D eigenvalue weighted by atomic mass is 10.2. The normalized spacial score (nSPS) is 11.4. The Morgan fingerprint density at radius 1 is 1.46 bits per heavy atom. The summed E-state index contributed by atoms with van der Waals surface area (Å²) in [6.07, 6.45) is 0.516. The second-order valence-corrected chi connectivity index (χ2v) is 4.90. The van der Waals surface area contributed by atoms with E-state index in [1.807, 2.05) is 31.2 Å². The maximum Gasteiger partial charge on any atom is 0.512 e. The highest BCUT2D eigenvalue weighted by atomic mass is 127. The lowest BCUT2D eigenvalue weighted by molar-refractivity contribution is 0.350. The Kier molecular flexibility index (Phi) is 4.84. The molecule has 0 N–H and O–H groups in total. The van der Waals surface area contributed by atoms with Gasteiger partial charge < -0.3 is 0 Å². The topological polar surface area (TPSA) is 26.3 Å². The van der Waals surface area contributed by atoms with Gasteiger partial charge in [-0.3, -0.25) is 0 Å². The van der Waals surface area contributed by atoms with Gasteiger partial charge in [0.15, 0.2) is 0 Å². The van der Waals surface area contributed by atoms with Gasteiger partial charge in [-0.2, -0.15) is 0 Å². The monoisotopic (exact) mass is 309 g/mol. The number of hydrogen-bond donors (Lipinski definition) is 0. The minimum Gasteiger partial charge on any atom is -0.146 e. The van der Waals surface area contributed by atoms with Crippen LogP contribution in [-0.4, -0.2) is 6.61 Å². The van der Waals surface area contributed by atoms with Crippen molar-refractivity contribution < 1.29 is 9.09 Å². The van der Waals surface area contributed by atoms with Gasteiger partial charge in [0.05, 0.1) is 6.61 Å². The highest BCUT2D eigenvalue weighted by Crippen LogP contribution is 2.29. The van der Waals surface area contributed by atoms with Gasteiger partial charge in [0.2, 0.25) is 6.16 Å². The zero-order valence-corrected chi connectivity index (χ0v) is 10.4. The lowest BCUT2D eigenvalue weighted by Gasteiger charge is -1.95. The van der Waals surface area contributed by atoms with Crippen LogP contribution in [0.25, 0.3) is 0 Å². The van der Waals surface area contributed by atoms with Gasteiger partial charge in [-0.25, -0.2) is 0 Å². The molecule has 0 aliphatic carbocycles. The Balaban J connectivity index is 2.63. The van der Waals surface area contributed by atoms with Crippen molar-refractivity contribution >= 4 is 30.6 Å². The molecule has 0 aliphatic heterocycles. The summed E-state index contributed by atoms with van der Waals surface area (Å²) in [5.41, 5.74) is 1.10.